The second kappa shape index (κ2) is 11.7. The molecular formula is C24H20Cl2I2N2O2. The molecule has 0 saturated heterocycles. The zero-order valence-electron chi connectivity index (χ0n) is 17.4. The summed E-state index contributed by atoms with van der Waals surface area (Å²) in [5.41, 5.74) is 7.60. The van der Waals surface area contributed by atoms with Crippen molar-refractivity contribution in [3.05, 3.63) is 93.5 Å². The van der Waals surface area contributed by atoms with E-state index in [1.54, 1.807) is 18.3 Å². The molecule has 0 aliphatic carbocycles. The van der Waals surface area contributed by atoms with Gasteiger partial charge in [0.2, 0.25) is 5.91 Å². The topological polar surface area (TPSA) is 50.7 Å². The minimum absolute atomic E-state index is 0.155. The number of nitrogens with one attached hydrogen (secondary N) is 1. The van der Waals surface area contributed by atoms with E-state index in [0.29, 0.717) is 23.1 Å². The molecular weight excluding hydrogens is 673 g/mol. The Balaban J connectivity index is 1.61. The van der Waals surface area contributed by atoms with Crippen LogP contribution in [0.15, 0.2) is 53.6 Å². The molecule has 0 unspecified atom stereocenters. The van der Waals surface area contributed by atoms with Crippen molar-refractivity contribution < 1.29 is 9.53 Å². The SMILES string of the molecule is Cc1ccc(CC(=O)N/N=C/c2cc(I)c(OCc3ccc(Cl)cc3Cl)c(I)c2)c(C)c1. The van der Waals surface area contributed by atoms with E-state index >= 15 is 0 Å². The normalized spacial score (nSPS) is 11.1. The molecule has 0 saturated carbocycles. The Hall–Kier alpha value is -1.36. The highest BCUT2D eigenvalue weighted by Gasteiger charge is 2.11. The van der Waals surface area contributed by atoms with Gasteiger partial charge in [-0.05, 0) is 100.0 Å². The van der Waals surface area contributed by atoms with Crippen molar-refractivity contribution in [2.75, 3.05) is 0 Å². The monoisotopic (exact) mass is 692 g/mol. The molecule has 3 aromatic rings. The number of aryl methyl sites for hydroxylation is 2. The molecule has 4 nitrogen and oxygen atoms in total. The average Bonchev–Trinajstić information content (AvgIpc) is 2.71. The first kappa shape index (κ1) is 25.3. The minimum Gasteiger partial charge on any atom is -0.487 e. The minimum atomic E-state index is -0.155. The highest BCUT2D eigenvalue weighted by molar-refractivity contribution is 14.1. The Morgan fingerprint density at radius 3 is 2.38 bits per heavy atom. The highest BCUT2D eigenvalue weighted by atomic mass is 127. The number of benzene rings is 3. The van der Waals surface area contributed by atoms with E-state index in [-0.39, 0.29) is 5.91 Å². The summed E-state index contributed by atoms with van der Waals surface area (Å²) in [6, 6.07) is 15.3. The number of amides is 1. The summed E-state index contributed by atoms with van der Waals surface area (Å²) in [4.78, 5) is 12.2. The third kappa shape index (κ3) is 7.07. The van der Waals surface area contributed by atoms with Gasteiger partial charge in [0.15, 0.2) is 0 Å². The Labute approximate surface area is 225 Å². The molecule has 0 bridgehead atoms. The van der Waals surface area contributed by atoms with Crippen LogP contribution in [0.3, 0.4) is 0 Å². The van der Waals surface area contributed by atoms with Gasteiger partial charge in [-0.2, -0.15) is 5.10 Å². The van der Waals surface area contributed by atoms with Crippen LogP contribution >= 0.6 is 68.4 Å². The number of hydrogen-bond donors (Lipinski definition) is 1. The quantitative estimate of drug-likeness (QED) is 0.163. The molecule has 0 aliphatic heterocycles. The standard InChI is InChI=1S/C24H20Cl2I2N2O2/c1-14-3-4-17(15(2)7-14)10-23(31)30-29-12-16-8-21(27)24(22(28)9-16)32-13-18-5-6-19(25)11-20(18)26/h3-9,11-12H,10,13H2,1-2H3,(H,30,31)/b29-12+. The molecule has 0 radical (unpaired) electrons. The van der Waals surface area contributed by atoms with Crippen molar-refractivity contribution in [2.45, 2.75) is 26.9 Å². The van der Waals surface area contributed by atoms with Gasteiger partial charge in [0.1, 0.15) is 12.4 Å². The van der Waals surface area contributed by atoms with Gasteiger partial charge < -0.3 is 4.74 Å². The molecule has 166 valence electrons. The third-order valence-electron chi connectivity index (χ3n) is 4.66. The summed E-state index contributed by atoms with van der Waals surface area (Å²) in [7, 11) is 0. The van der Waals surface area contributed by atoms with Crippen LogP contribution in [0.1, 0.15) is 27.8 Å². The van der Waals surface area contributed by atoms with Crippen LogP contribution in [-0.2, 0) is 17.8 Å². The molecule has 0 aliphatic rings. The summed E-state index contributed by atoms with van der Waals surface area (Å²) < 4.78 is 7.87. The van der Waals surface area contributed by atoms with E-state index in [9.17, 15) is 4.79 Å². The molecule has 0 fully saturated rings. The van der Waals surface area contributed by atoms with E-state index in [2.05, 4.69) is 61.8 Å². The maximum atomic E-state index is 12.2. The number of hydrogen-bond acceptors (Lipinski definition) is 3. The summed E-state index contributed by atoms with van der Waals surface area (Å²) in [5.74, 6) is 0.616. The molecule has 3 aromatic carbocycles. The Bertz CT molecular complexity index is 1160. The lowest BCUT2D eigenvalue weighted by Crippen LogP contribution is -2.20. The zero-order valence-corrected chi connectivity index (χ0v) is 23.2. The summed E-state index contributed by atoms with van der Waals surface area (Å²) in [6.45, 7) is 4.38. The maximum Gasteiger partial charge on any atom is 0.244 e. The van der Waals surface area contributed by atoms with Crippen LogP contribution in [0.5, 0.6) is 5.75 Å². The van der Waals surface area contributed by atoms with E-state index in [0.717, 1.165) is 35.1 Å². The van der Waals surface area contributed by atoms with Gasteiger partial charge in [-0.15, -0.1) is 0 Å². The number of nitrogens with zero attached hydrogens (tertiary/aromatic N) is 1. The number of hydrazone groups is 1. The van der Waals surface area contributed by atoms with Crippen molar-refractivity contribution in [2.24, 2.45) is 5.10 Å². The lowest BCUT2D eigenvalue weighted by molar-refractivity contribution is -0.120. The fraction of sp³-hybridized carbons (Fsp3) is 0.167. The molecule has 32 heavy (non-hydrogen) atoms. The van der Waals surface area contributed by atoms with Crippen LogP contribution in [0, 0.1) is 21.0 Å². The lowest BCUT2D eigenvalue weighted by Gasteiger charge is -2.12. The predicted octanol–water partition coefficient (Wildman–Crippen LogP) is 7.09. The molecule has 1 N–H and O–H groups in total. The highest BCUT2D eigenvalue weighted by Crippen LogP contribution is 2.30. The van der Waals surface area contributed by atoms with Crippen LogP contribution < -0.4 is 10.2 Å². The second-order valence-corrected chi connectivity index (χ2v) is 10.4. The van der Waals surface area contributed by atoms with Crippen molar-refractivity contribution in [3.63, 3.8) is 0 Å². The van der Waals surface area contributed by atoms with Crippen LogP contribution in [-0.4, -0.2) is 12.1 Å². The number of halogens is 4. The fourth-order valence-electron chi connectivity index (χ4n) is 3.02. The van der Waals surface area contributed by atoms with Gasteiger partial charge in [0.05, 0.1) is 19.8 Å². The van der Waals surface area contributed by atoms with Gasteiger partial charge in [-0.25, -0.2) is 5.43 Å². The number of ether oxygens (including phenoxy) is 1. The summed E-state index contributed by atoms with van der Waals surface area (Å²) >= 11 is 16.6. The fourth-order valence-corrected chi connectivity index (χ4v) is 5.61. The molecule has 0 atom stereocenters. The van der Waals surface area contributed by atoms with Crippen LogP contribution in [0.2, 0.25) is 10.0 Å². The Kier molecular flexibility index (Phi) is 9.22. The van der Waals surface area contributed by atoms with Gasteiger partial charge in [0, 0.05) is 15.6 Å². The number of carbonyl (C=O) groups excluding carboxylic acids is 1. The van der Waals surface area contributed by atoms with E-state index in [1.165, 1.54) is 5.56 Å². The van der Waals surface area contributed by atoms with Crippen molar-refractivity contribution in [1.29, 1.82) is 0 Å². The lowest BCUT2D eigenvalue weighted by atomic mass is 10.0. The van der Waals surface area contributed by atoms with Crippen molar-refractivity contribution >= 4 is 80.5 Å². The molecule has 0 aromatic heterocycles. The largest absolute Gasteiger partial charge is 0.487 e. The summed E-state index contributed by atoms with van der Waals surface area (Å²) in [6.07, 6.45) is 1.92. The first-order chi connectivity index (χ1) is 15.2. The van der Waals surface area contributed by atoms with E-state index < -0.39 is 0 Å². The van der Waals surface area contributed by atoms with Crippen molar-refractivity contribution in [3.8, 4) is 5.75 Å². The first-order valence-corrected chi connectivity index (χ1v) is 12.6. The van der Waals surface area contributed by atoms with Gasteiger partial charge in [0.25, 0.3) is 0 Å². The number of rotatable bonds is 7. The van der Waals surface area contributed by atoms with Gasteiger partial charge >= 0.3 is 0 Å². The van der Waals surface area contributed by atoms with Crippen LogP contribution in [0.25, 0.3) is 0 Å². The Morgan fingerprint density at radius 2 is 1.72 bits per heavy atom. The zero-order chi connectivity index (χ0) is 23.3. The van der Waals surface area contributed by atoms with E-state index in [1.807, 2.05) is 44.2 Å². The number of carbonyl (C=O) groups is 1. The summed E-state index contributed by atoms with van der Waals surface area (Å²) in [5, 5.41) is 5.27. The first-order valence-electron chi connectivity index (χ1n) is 9.66. The van der Waals surface area contributed by atoms with E-state index in [4.69, 9.17) is 27.9 Å². The molecule has 3 rings (SSSR count). The van der Waals surface area contributed by atoms with Crippen molar-refractivity contribution in [1.82, 2.24) is 5.43 Å². The molecule has 0 spiro atoms. The smallest absolute Gasteiger partial charge is 0.244 e. The molecule has 1 amide bonds. The van der Waals surface area contributed by atoms with Crippen LogP contribution in [0.4, 0.5) is 0 Å². The maximum absolute atomic E-state index is 12.2. The van der Waals surface area contributed by atoms with Gasteiger partial charge in [-0.3, -0.25) is 4.79 Å². The third-order valence-corrected chi connectivity index (χ3v) is 6.85. The van der Waals surface area contributed by atoms with Gasteiger partial charge in [-0.1, -0.05) is 53.0 Å². The molecule has 8 heteroatoms. The average molecular weight is 693 g/mol. The predicted molar refractivity (Wildman–Crippen MR) is 148 cm³/mol. The molecule has 0 heterocycles. The second-order valence-electron chi connectivity index (χ2n) is 7.24. The Morgan fingerprint density at radius 1 is 1.03 bits per heavy atom.